The molecule has 10 nitrogen and oxygen atoms in total. The first kappa shape index (κ1) is 27.1. The monoisotopic (exact) mass is 543 g/mol. The number of amides is 2. The fourth-order valence-corrected chi connectivity index (χ4v) is 4.97. The van der Waals surface area contributed by atoms with Gasteiger partial charge in [0, 0.05) is 18.7 Å². The number of aromatic nitrogens is 3. The number of hydrogen-bond donors (Lipinski definition) is 1. The van der Waals surface area contributed by atoms with E-state index in [2.05, 4.69) is 15.6 Å². The van der Waals surface area contributed by atoms with Gasteiger partial charge >= 0.3 is 0 Å². The molecule has 1 aliphatic heterocycles. The molecule has 208 valence electrons. The number of hydrogen-bond acceptors (Lipinski definition) is 7. The summed E-state index contributed by atoms with van der Waals surface area (Å²) in [5, 5.41) is 11.4. The Labute approximate surface area is 232 Å². The number of rotatable bonds is 11. The molecular formula is C30H33N5O5. The number of nitrogens with zero attached hydrogens (tertiary/aromatic N) is 4. The molecule has 1 aromatic heterocycles. The summed E-state index contributed by atoms with van der Waals surface area (Å²) < 4.78 is 18.2. The Morgan fingerprint density at radius 3 is 2.58 bits per heavy atom. The number of carbonyl (C=O) groups excluding carboxylic acids is 2. The molecule has 0 spiro atoms. The molecule has 1 fully saturated rings. The lowest BCUT2D eigenvalue weighted by molar-refractivity contribution is -0.142. The van der Waals surface area contributed by atoms with Crippen LogP contribution in [0.4, 0.5) is 0 Å². The second kappa shape index (κ2) is 12.6. The van der Waals surface area contributed by atoms with Crippen molar-refractivity contribution in [3.63, 3.8) is 0 Å². The average Bonchev–Trinajstić information content (AvgIpc) is 3.67. The Bertz CT molecular complexity index is 1450. The Hall–Kier alpha value is -4.44. The first-order valence-electron chi connectivity index (χ1n) is 13.3. The van der Waals surface area contributed by atoms with E-state index in [4.69, 9.17) is 14.2 Å². The van der Waals surface area contributed by atoms with E-state index in [0.29, 0.717) is 35.7 Å². The van der Waals surface area contributed by atoms with Crippen LogP contribution in [0.3, 0.4) is 0 Å². The SMILES string of the molecule is COc1ccc([C@H](C(=O)NC[C@@H]2CCCO2)N(Cc2ccccc2OC)C(=O)Cn2nnc3ccccc32)cc1. The zero-order chi connectivity index (χ0) is 27.9. The Kier molecular flexibility index (Phi) is 8.56. The molecule has 1 saturated heterocycles. The normalized spacial score (nSPS) is 15.5. The van der Waals surface area contributed by atoms with E-state index < -0.39 is 6.04 Å². The Balaban J connectivity index is 1.52. The van der Waals surface area contributed by atoms with Crippen LogP contribution in [0.25, 0.3) is 11.0 Å². The number of ether oxygens (including phenoxy) is 3. The van der Waals surface area contributed by atoms with E-state index in [1.54, 1.807) is 35.9 Å². The lowest BCUT2D eigenvalue weighted by atomic mass is 10.0. The van der Waals surface area contributed by atoms with Gasteiger partial charge in [0.25, 0.3) is 0 Å². The van der Waals surface area contributed by atoms with Crippen LogP contribution in [0.1, 0.15) is 30.0 Å². The molecule has 1 N–H and O–H groups in total. The molecule has 0 unspecified atom stereocenters. The van der Waals surface area contributed by atoms with Gasteiger partial charge in [-0.25, -0.2) is 4.68 Å². The molecule has 2 amide bonds. The van der Waals surface area contributed by atoms with Crippen molar-refractivity contribution in [3.8, 4) is 11.5 Å². The number of nitrogens with one attached hydrogen (secondary N) is 1. The lowest BCUT2D eigenvalue weighted by Crippen LogP contribution is -2.46. The largest absolute Gasteiger partial charge is 0.497 e. The first-order chi connectivity index (χ1) is 19.6. The smallest absolute Gasteiger partial charge is 0.247 e. The van der Waals surface area contributed by atoms with Crippen LogP contribution in [0.5, 0.6) is 11.5 Å². The summed E-state index contributed by atoms with van der Waals surface area (Å²) in [4.78, 5) is 29.6. The second-order valence-corrected chi connectivity index (χ2v) is 9.63. The maximum Gasteiger partial charge on any atom is 0.247 e. The molecular weight excluding hydrogens is 510 g/mol. The van der Waals surface area contributed by atoms with E-state index in [-0.39, 0.29) is 31.0 Å². The molecule has 0 bridgehead atoms. The van der Waals surface area contributed by atoms with Gasteiger partial charge in [-0.2, -0.15) is 0 Å². The summed E-state index contributed by atoms with van der Waals surface area (Å²) in [6.07, 6.45) is 1.81. The van der Waals surface area contributed by atoms with Crippen LogP contribution in [-0.4, -0.2) is 65.2 Å². The minimum atomic E-state index is -0.931. The zero-order valence-corrected chi connectivity index (χ0v) is 22.7. The van der Waals surface area contributed by atoms with Crippen molar-refractivity contribution in [2.45, 2.75) is 38.1 Å². The van der Waals surface area contributed by atoms with E-state index in [1.165, 1.54) is 0 Å². The van der Waals surface area contributed by atoms with Crippen molar-refractivity contribution < 1.29 is 23.8 Å². The molecule has 5 rings (SSSR count). The van der Waals surface area contributed by atoms with Crippen molar-refractivity contribution in [1.29, 1.82) is 0 Å². The predicted octanol–water partition coefficient (Wildman–Crippen LogP) is 3.51. The van der Waals surface area contributed by atoms with Gasteiger partial charge in [-0.05, 0) is 48.7 Å². The molecule has 1 aliphatic rings. The molecule has 2 heterocycles. The van der Waals surface area contributed by atoms with Crippen LogP contribution in [0.2, 0.25) is 0 Å². The summed E-state index contributed by atoms with van der Waals surface area (Å²) in [6.45, 7) is 1.10. The van der Waals surface area contributed by atoms with Gasteiger partial charge in [0.15, 0.2) is 0 Å². The highest BCUT2D eigenvalue weighted by atomic mass is 16.5. The molecule has 2 atom stereocenters. The van der Waals surface area contributed by atoms with E-state index in [9.17, 15) is 9.59 Å². The summed E-state index contributed by atoms with van der Waals surface area (Å²) in [6, 6.07) is 21.2. The average molecular weight is 544 g/mol. The number of benzene rings is 3. The Morgan fingerprint density at radius 2 is 1.82 bits per heavy atom. The van der Waals surface area contributed by atoms with Crippen LogP contribution >= 0.6 is 0 Å². The lowest BCUT2D eigenvalue weighted by Gasteiger charge is -2.32. The van der Waals surface area contributed by atoms with Crippen molar-refractivity contribution in [2.24, 2.45) is 0 Å². The van der Waals surface area contributed by atoms with E-state index in [1.807, 2.05) is 60.7 Å². The fraction of sp³-hybridized carbons (Fsp3) is 0.333. The maximum atomic E-state index is 14.1. The van der Waals surface area contributed by atoms with E-state index in [0.717, 1.165) is 23.9 Å². The molecule has 40 heavy (non-hydrogen) atoms. The zero-order valence-electron chi connectivity index (χ0n) is 22.7. The highest BCUT2D eigenvalue weighted by molar-refractivity contribution is 5.89. The topological polar surface area (TPSA) is 108 Å². The third-order valence-electron chi connectivity index (χ3n) is 7.08. The fourth-order valence-electron chi connectivity index (χ4n) is 4.97. The van der Waals surface area contributed by atoms with Gasteiger partial charge in [-0.15, -0.1) is 5.10 Å². The molecule has 10 heteroatoms. The van der Waals surface area contributed by atoms with Crippen LogP contribution < -0.4 is 14.8 Å². The van der Waals surface area contributed by atoms with Crippen molar-refractivity contribution in [1.82, 2.24) is 25.2 Å². The van der Waals surface area contributed by atoms with Crippen molar-refractivity contribution >= 4 is 22.8 Å². The van der Waals surface area contributed by atoms with E-state index >= 15 is 0 Å². The highest BCUT2D eigenvalue weighted by Gasteiger charge is 2.33. The Morgan fingerprint density at radius 1 is 1.05 bits per heavy atom. The molecule has 3 aromatic carbocycles. The van der Waals surface area contributed by atoms with Crippen molar-refractivity contribution in [2.75, 3.05) is 27.4 Å². The van der Waals surface area contributed by atoms with Gasteiger partial charge in [0.05, 0.1) is 32.4 Å². The third-order valence-corrected chi connectivity index (χ3v) is 7.08. The summed E-state index contributed by atoms with van der Waals surface area (Å²) in [5.41, 5.74) is 2.84. The second-order valence-electron chi connectivity index (χ2n) is 9.63. The van der Waals surface area contributed by atoms with Gasteiger partial charge in [0.2, 0.25) is 11.8 Å². The standard InChI is InChI=1S/C30H33N5O5/c1-38-23-15-13-21(14-16-23)29(30(37)31-18-24-9-7-17-40-24)34(19-22-8-3-6-12-27(22)39-2)28(36)20-35-26-11-5-4-10-25(26)32-33-35/h3-6,8,10-16,24,29H,7,9,17-20H2,1-2H3,(H,31,37)/t24-,29+/m0/s1. The minimum Gasteiger partial charge on any atom is -0.497 e. The van der Waals surface area contributed by atoms with Gasteiger partial charge in [0.1, 0.15) is 29.6 Å². The van der Waals surface area contributed by atoms with Crippen molar-refractivity contribution in [3.05, 3.63) is 83.9 Å². The minimum absolute atomic E-state index is 0.0413. The first-order valence-corrected chi connectivity index (χ1v) is 13.3. The van der Waals surface area contributed by atoms with Gasteiger partial charge < -0.3 is 24.4 Å². The predicted molar refractivity (Wildman–Crippen MR) is 149 cm³/mol. The van der Waals surface area contributed by atoms with Crippen LogP contribution in [-0.2, 0) is 27.4 Å². The third kappa shape index (κ3) is 6.07. The molecule has 0 saturated carbocycles. The molecule has 0 aliphatic carbocycles. The van der Waals surface area contributed by atoms with Crippen LogP contribution in [0, 0.1) is 0 Å². The summed E-state index contributed by atoms with van der Waals surface area (Å²) >= 11 is 0. The number of methoxy groups -OCH3 is 2. The molecule has 0 radical (unpaired) electrons. The van der Waals surface area contributed by atoms with Crippen LogP contribution in [0.15, 0.2) is 72.8 Å². The molecule has 4 aromatic rings. The summed E-state index contributed by atoms with van der Waals surface area (Å²) in [7, 11) is 3.17. The maximum absolute atomic E-state index is 14.1. The highest BCUT2D eigenvalue weighted by Crippen LogP contribution is 2.29. The number of para-hydroxylation sites is 2. The van der Waals surface area contributed by atoms with Gasteiger partial charge in [-0.3, -0.25) is 9.59 Å². The van der Waals surface area contributed by atoms with Gasteiger partial charge in [-0.1, -0.05) is 47.7 Å². The quantitative estimate of drug-likeness (QED) is 0.308. The number of fused-ring (bicyclic) bond motifs is 1. The summed E-state index contributed by atoms with van der Waals surface area (Å²) in [5.74, 6) is 0.681. The number of carbonyl (C=O) groups is 2.